The van der Waals surface area contributed by atoms with Crippen LogP contribution >= 0.6 is 0 Å². The first-order valence-electron chi connectivity index (χ1n) is 5.30. The average molecular weight is 213 g/mol. The van der Waals surface area contributed by atoms with Crippen LogP contribution in [0.25, 0.3) is 10.8 Å². The van der Waals surface area contributed by atoms with Crippen LogP contribution in [0, 0.1) is 0 Å². The monoisotopic (exact) mass is 213 g/mol. The van der Waals surface area contributed by atoms with Gasteiger partial charge in [-0.05, 0) is 11.8 Å². The summed E-state index contributed by atoms with van der Waals surface area (Å²) in [6.07, 6.45) is 1.64. The first-order chi connectivity index (χ1) is 7.74. The molecule has 2 nitrogen and oxygen atoms in total. The molecule has 0 saturated heterocycles. The van der Waals surface area contributed by atoms with E-state index in [-0.39, 0.29) is 0 Å². The number of aliphatic hydroxyl groups excluding tert-OH is 1. The van der Waals surface area contributed by atoms with Crippen molar-refractivity contribution in [1.29, 1.82) is 0 Å². The molecule has 0 saturated carbocycles. The maximum Gasteiger partial charge on any atom is 0.0844 e. The van der Waals surface area contributed by atoms with Crippen molar-refractivity contribution in [1.82, 2.24) is 0 Å². The summed E-state index contributed by atoms with van der Waals surface area (Å²) >= 11 is 0. The zero-order valence-corrected chi connectivity index (χ0v) is 9.06. The van der Waals surface area contributed by atoms with E-state index in [9.17, 15) is 5.11 Å². The van der Waals surface area contributed by atoms with Crippen molar-refractivity contribution in [2.45, 2.75) is 12.5 Å². The summed E-state index contributed by atoms with van der Waals surface area (Å²) in [6.45, 7) is 3.62. The van der Waals surface area contributed by atoms with Crippen LogP contribution in [0.4, 0.5) is 5.69 Å². The van der Waals surface area contributed by atoms with Gasteiger partial charge in [-0.25, -0.2) is 0 Å². The number of nitrogens with two attached hydrogens (primary N) is 1. The summed E-state index contributed by atoms with van der Waals surface area (Å²) in [7, 11) is 0. The fraction of sp³-hybridized carbons (Fsp3) is 0.143. The molecule has 0 aliphatic carbocycles. The molecular formula is C14H15NO. The Hall–Kier alpha value is -1.80. The molecule has 0 aliphatic rings. The van der Waals surface area contributed by atoms with E-state index in [1.807, 2.05) is 36.4 Å². The predicted octanol–water partition coefficient (Wildman–Crippen LogP) is 3.03. The van der Waals surface area contributed by atoms with E-state index in [0.29, 0.717) is 12.1 Å². The van der Waals surface area contributed by atoms with Crippen LogP contribution in [0.3, 0.4) is 0 Å². The second-order valence-electron chi connectivity index (χ2n) is 3.83. The number of nitrogen functional groups attached to an aromatic ring is 1. The van der Waals surface area contributed by atoms with Gasteiger partial charge in [0.2, 0.25) is 0 Å². The molecule has 1 unspecified atom stereocenters. The third-order valence-electron chi connectivity index (χ3n) is 2.75. The maximum absolute atomic E-state index is 9.91. The second kappa shape index (κ2) is 4.37. The van der Waals surface area contributed by atoms with Crippen molar-refractivity contribution in [2.75, 3.05) is 5.73 Å². The highest BCUT2D eigenvalue weighted by Gasteiger charge is 2.11. The Kier molecular flexibility index (Phi) is 2.93. The number of benzene rings is 2. The van der Waals surface area contributed by atoms with Crippen molar-refractivity contribution in [2.24, 2.45) is 0 Å². The molecule has 2 aromatic rings. The summed E-state index contributed by atoms with van der Waals surface area (Å²) in [5.74, 6) is 0. The van der Waals surface area contributed by atoms with Crippen molar-refractivity contribution < 1.29 is 5.11 Å². The Balaban J connectivity index is 2.56. The summed E-state index contributed by atoms with van der Waals surface area (Å²) in [6, 6.07) is 11.8. The first kappa shape index (κ1) is 10.7. The van der Waals surface area contributed by atoms with E-state index < -0.39 is 6.10 Å². The highest BCUT2D eigenvalue weighted by molar-refractivity contribution is 5.94. The van der Waals surface area contributed by atoms with E-state index in [4.69, 9.17) is 5.73 Å². The maximum atomic E-state index is 9.91. The standard InChI is InChI=1S/C14H15NO/c1-2-5-13(16)12-9-8-10-6-3-4-7-11(10)14(12)15/h2-4,6-9,13,16H,1,5,15H2. The Bertz CT molecular complexity index is 519. The molecule has 2 heteroatoms. The topological polar surface area (TPSA) is 46.2 Å². The van der Waals surface area contributed by atoms with Crippen LogP contribution in [0.15, 0.2) is 49.1 Å². The Labute approximate surface area is 95.0 Å². The molecule has 2 rings (SSSR count). The first-order valence-corrected chi connectivity index (χ1v) is 5.30. The number of anilines is 1. The molecule has 2 aromatic carbocycles. The van der Waals surface area contributed by atoms with Gasteiger partial charge in [0.25, 0.3) is 0 Å². The van der Waals surface area contributed by atoms with Gasteiger partial charge in [-0.3, -0.25) is 0 Å². The number of aliphatic hydroxyl groups is 1. The van der Waals surface area contributed by atoms with Crippen LogP contribution in [0.5, 0.6) is 0 Å². The fourth-order valence-electron chi connectivity index (χ4n) is 1.89. The minimum Gasteiger partial charge on any atom is -0.398 e. The SMILES string of the molecule is C=CCC(O)c1ccc2ccccc2c1N. The minimum absolute atomic E-state index is 0.516. The molecule has 0 bridgehead atoms. The molecule has 82 valence electrons. The van der Waals surface area contributed by atoms with Gasteiger partial charge in [-0.2, -0.15) is 0 Å². The lowest BCUT2D eigenvalue weighted by molar-refractivity contribution is 0.182. The van der Waals surface area contributed by atoms with Crippen LogP contribution in [-0.4, -0.2) is 5.11 Å². The van der Waals surface area contributed by atoms with Crippen LogP contribution in [0.1, 0.15) is 18.1 Å². The Morgan fingerprint density at radius 1 is 1.25 bits per heavy atom. The molecule has 0 heterocycles. The van der Waals surface area contributed by atoms with Gasteiger partial charge in [0.05, 0.1) is 6.10 Å². The molecule has 0 aliphatic heterocycles. The van der Waals surface area contributed by atoms with Crippen molar-refractivity contribution >= 4 is 16.5 Å². The molecule has 3 N–H and O–H groups in total. The highest BCUT2D eigenvalue weighted by Crippen LogP contribution is 2.30. The van der Waals surface area contributed by atoms with E-state index >= 15 is 0 Å². The Morgan fingerprint density at radius 2 is 2.00 bits per heavy atom. The van der Waals surface area contributed by atoms with Crippen LogP contribution in [-0.2, 0) is 0 Å². The molecule has 16 heavy (non-hydrogen) atoms. The van der Waals surface area contributed by atoms with Gasteiger partial charge in [-0.15, -0.1) is 6.58 Å². The van der Waals surface area contributed by atoms with Gasteiger partial charge in [0, 0.05) is 16.6 Å². The van der Waals surface area contributed by atoms with Gasteiger partial charge in [-0.1, -0.05) is 42.5 Å². The van der Waals surface area contributed by atoms with E-state index in [0.717, 1.165) is 16.3 Å². The predicted molar refractivity (Wildman–Crippen MR) is 68.1 cm³/mol. The molecule has 1 atom stereocenters. The lowest BCUT2D eigenvalue weighted by Gasteiger charge is -2.13. The molecule has 0 radical (unpaired) electrons. The van der Waals surface area contributed by atoms with Gasteiger partial charge >= 0.3 is 0 Å². The lowest BCUT2D eigenvalue weighted by atomic mass is 9.99. The zero-order valence-electron chi connectivity index (χ0n) is 9.06. The summed E-state index contributed by atoms with van der Waals surface area (Å²) in [5.41, 5.74) is 7.49. The zero-order chi connectivity index (χ0) is 11.5. The summed E-state index contributed by atoms with van der Waals surface area (Å²) in [4.78, 5) is 0. The third kappa shape index (κ3) is 1.79. The number of fused-ring (bicyclic) bond motifs is 1. The minimum atomic E-state index is -0.567. The van der Waals surface area contributed by atoms with Crippen molar-refractivity contribution in [3.05, 3.63) is 54.6 Å². The third-order valence-corrected chi connectivity index (χ3v) is 2.75. The lowest BCUT2D eigenvalue weighted by Crippen LogP contribution is -2.01. The van der Waals surface area contributed by atoms with Gasteiger partial charge in [0.1, 0.15) is 0 Å². The van der Waals surface area contributed by atoms with E-state index in [1.54, 1.807) is 6.08 Å². The summed E-state index contributed by atoms with van der Waals surface area (Å²) in [5, 5.41) is 12.0. The van der Waals surface area contributed by atoms with Gasteiger partial charge < -0.3 is 10.8 Å². The number of hydrogen-bond donors (Lipinski definition) is 2. The van der Waals surface area contributed by atoms with Crippen molar-refractivity contribution in [3.8, 4) is 0 Å². The Morgan fingerprint density at radius 3 is 2.75 bits per heavy atom. The highest BCUT2D eigenvalue weighted by atomic mass is 16.3. The smallest absolute Gasteiger partial charge is 0.0844 e. The van der Waals surface area contributed by atoms with Crippen molar-refractivity contribution in [3.63, 3.8) is 0 Å². The number of rotatable bonds is 3. The molecule has 0 fully saturated rings. The molecular weight excluding hydrogens is 198 g/mol. The van der Waals surface area contributed by atoms with Crippen LogP contribution in [0.2, 0.25) is 0 Å². The summed E-state index contributed by atoms with van der Waals surface area (Å²) < 4.78 is 0. The quantitative estimate of drug-likeness (QED) is 0.608. The van der Waals surface area contributed by atoms with Crippen LogP contribution < -0.4 is 5.73 Å². The largest absolute Gasteiger partial charge is 0.398 e. The second-order valence-corrected chi connectivity index (χ2v) is 3.83. The van der Waals surface area contributed by atoms with Gasteiger partial charge in [0.15, 0.2) is 0 Å². The normalized spacial score (nSPS) is 12.6. The number of hydrogen-bond acceptors (Lipinski definition) is 2. The van der Waals surface area contributed by atoms with E-state index in [1.165, 1.54) is 0 Å². The average Bonchev–Trinajstić information content (AvgIpc) is 2.30. The molecule has 0 spiro atoms. The molecule has 0 aromatic heterocycles. The molecule has 0 amide bonds. The fourth-order valence-corrected chi connectivity index (χ4v) is 1.89. The van der Waals surface area contributed by atoms with E-state index in [2.05, 4.69) is 6.58 Å².